The Kier molecular flexibility index (Phi) is 4.90. The fourth-order valence-corrected chi connectivity index (χ4v) is 2.51. The molecule has 1 aliphatic rings. The number of hydrogen-bond donors (Lipinski definition) is 2. The van der Waals surface area contributed by atoms with Crippen molar-refractivity contribution >= 4 is 0 Å². The fourth-order valence-electron chi connectivity index (χ4n) is 2.51. The van der Waals surface area contributed by atoms with Gasteiger partial charge >= 0.3 is 0 Å². The molecule has 0 amide bonds. The van der Waals surface area contributed by atoms with Crippen LogP contribution in [0.15, 0.2) is 0 Å². The molecule has 0 saturated heterocycles. The summed E-state index contributed by atoms with van der Waals surface area (Å²) in [6.45, 7) is 5.24. The lowest BCUT2D eigenvalue weighted by Gasteiger charge is -2.37. The van der Waals surface area contributed by atoms with Crippen molar-refractivity contribution in [3.05, 3.63) is 0 Å². The predicted octanol–water partition coefficient (Wildman–Crippen LogP) is 2.81. The molecule has 0 aromatic carbocycles. The van der Waals surface area contributed by atoms with Crippen molar-refractivity contribution in [3.63, 3.8) is 0 Å². The van der Waals surface area contributed by atoms with E-state index in [4.69, 9.17) is 5.11 Å². The number of halogens is 2. The van der Waals surface area contributed by atoms with Gasteiger partial charge in [-0.1, -0.05) is 20.8 Å². The number of hydrogen-bond acceptors (Lipinski definition) is 2. The van der Waals surface area contributed by atoms with Crippen LogP contribution >= 0.6 is 0 Å². The Labute approximate surface area is 103 Å². The Morgan fingerprint density at radius 2 is 1.65 bits per heavy atom. The average Bonchev–Trinajstić information content (AvgIpc) is 2.26. The average molecular weight is 249 g/mol. The molecule has 0 aromatic rings. The van der Waals surface area contributed by atoms with Gasteiger partial charge in [0.2, 0.25) is 0 Å². The molecular weight excluding hydrogens is 224 g/mol. The van der Waals surface area contributed by atoms with Gasteiger partial charge in [-0.2, -0.15) is 0 Å². The smallest absolute Gasteiger partial charge is 0.282 e. The molecule has 0 unspecified atom stereocenters. The van der Waals surface area contributed by atoms with Crippen LogP contribution in [0.5, 0.6) is 0 Å². The highest BCUT2D eigenvalue weighted by molar-refractivity contribution is 4.84. The first-order chi connectivity index (χ1) is 7.74. The van der Waals surface area contributed by atoms with Crippen molar-refractivity contribution in [2.24, 2.45) is 11.3 Å². The largest absolute Gasteiger partial charge is 0.390 e. The SMILES string of the molecule is CC(C)(C)C1CCC(NCC(F)(F)CO)CC1. The summed E-state index contributed by atoms with van der Waals surface area (Å²) < 4.78 is 25.7. The van der Waals surface area contributed by atoms with E-state index in [1.165, 1.54) is 0 Å². The van der Waals surface area contributed by atoms with E-state index in [-0.39, 0.29) is 6.04 Å². The summed E-state index contributed by atoms with van der Waals surface area (Å²) in [6.07, 6.45) is 4.13. The molecular formula is C13H25F2NO. The number of nitrogens with one attached hydrogen (secondary N) is 1. The molecule has 0 aromatic heterocycles. The summed E-state index contributed by atoms with van der Waals surface area (Å²) >= 11 is 0. The summed E-state index contributed by atoms with van der Waals surface area (Å²) in [7, 11) is 0. The summed E-state index contributed by atoms with van der Waals surface area (Å²) in [4.78, 5) is 0. The second-order valence-electron chi connectivity index (χ2n) is 6.31. The molecule has 1 fully saturated rings. The van der Waals surface area contributed by atoms with E-state index in [9.17, 15) is 8.78 Å². The minimum absolute atomic E-state index is 0.186. The highest BCUT2D eigenvalue weighted by atomic mass is 19.3. The second kappa shape index (κ2) is 5.61. The topological polar surface area (TPSA) is 32.3 Å². The van der Waals surface area contributed by atoms with E-state index in [2.05, 4.69) is 26.1 Å². The van der Waals surface area contributed by atoms with Crippen molar-refractivity contribution in [2.45, 2.75) is 58.4 Å². The predicted molar refractivity (Wildman–Crippen MR) is 65.2 cm³/mol. The molecule has 0 heterocycles. The van der Waals surface area contributed by atoms with E-state index in [0.717, 1.165) is 25.7 Å². The number of aliphatic hydroxyl groups excluding tert-OH is 1. The summed E-state index contributed by atoms with van der Waals surface area (Å²) in [5, 5.41) is 11.4. The number of alkyl halides is 2. The van der Waals surface area contributed by atoms with Crippen LogP contribution in [0.1, 0.15) is 46.5 Å². The Bertz CT molecular complexity index is 230. The van der Waals surface area contributed by atoms with Crippen LogP contribution in [-0.2, 0) is 0 Å². The van der Waals surface area contributed by atoms with E-state index in [1.807, 2.05) is 0 Å². The highest BCUT2D eigenvalue weighted by Crippen LogP contribution is 2.37. The van der Waals surface area contributed by atoms with Crippen LogP contribution in [0.25, 0.3) is 0 Å². The van der Waals surface area contributed by atoms with E-state index in [1.54, 1.807) is 0 Å². The zero-order chi connectivity index (χ0) is 13.1. The summed E-state index contributed by atoms with van der Waals surface area (Å²) in [5.74, 6) is -2.29. The minimum Gasteiger partial charge on any atom is -0.390 e. The molecule has 0 aliphatic heterocycles. The highest BCUT2D eigenvalue weighted by Gasteiger charge is 2.32. The van der Waals surface area contributed by atoms with Gasteiger partial charge in [-0.3, -0.25) is 0 Å². The van der Waals surface area contributed by atoms with Crippen molar-refractivity contribution in [1.82, 2.24) is 5.32 Å². The van der Waals surface area contributed by atoms with Crippen molar-refractivity contribution in [2.75, 3.05) is 13.2 Å². The van der Waals surface area contributed by atoms with Gasteiger partial charge in [-0.15, -0.1) is 0 Å². The van der Waals surface area contributed by atoms with E-state index in [0.29, 0.717) is 11.3 Å². The van der Waals surface area contributed by atoms with E-state index < -0.39 is 19.1 Å². The van der Waals surface area contributed by atoms with Crippen LogP contribution in [0.4, 0.5) is 8.78 Å². The van der Waals surface area contributed by atoms with Gasteiger partial charge in [-0.05, 0) is 37.0 Å². The molecule has 2 nitrogen and oxygen atoms in total. The molecule has 0 radical (unpaired) electrons. The molecule has 17 heavy (non-hydrogen) atoms. The summed E-state index contributed by atoms with van der Waals surface area (Å²) in [5.41, 5.74) is 0.319. The Morgan fingerprint density at radius 1 is 1.12 bits per heavy atom. The van der Waals surface area contributed by atoms with Gasteiger partial charge in [0.15, 0.2) is 0 Å². The third-order valence-corrected chi connectivity index (χ3v) is 3.83. The third kappa shape index (κ3) is 4.88. The lowest BCUT2D eigenvalue weighted by molar-refractivity contribution is -0.0505. The van der Waals surface area contributed by atoms with Crippen LogP contribution in [0.3, 0.4) is 0 Å². The molecule has 1 aliphatic carbocycles. The van der Waals surface area contributed by atoms with Crippen molar-refractivity contribution < 1.29 is 13.9 Å². The number of rotatable bonds is 4. The zero-order valence-electron chi connectivity index (χ0n) is 11.1. The third-order valence-electron chi connectivity index (χ3n) is 3.83. The van der Waals surface area contributed by atoms with Gasteiger partial charge in [-0.25, -0.2) is 8.78 Å². The molecule has 2 N–H and O–H groups in total. The van der Waals surface area contributed by atoms with Gasteiger partial charge in [0, 0.05) is 6.04 Å². The molecule has 1 rings (SSSR count). The van der Waals surface area contributed by atoms with Gasteiger partial charge in [0.1, 0.15) is 6.61 Å². The molecule has 102 valence electrons. The van der Waals surface area contributed by atoms with E-state index >= 15 is 0 Å². The molecule has 1 saturated carbocycles. The van der Waals surface area contributed by atoms with Gasteiger partial charge in [0.05, 0.1) is 6.54 Å². The molecule has 4 heteroatoms. The lowest BCUT2D eigenvalue weighted by Crippen LogP contribution is -2.43. The first-order valence-electron chi connectivity index (χ1n) is 6.47. The fraction of sp³-hybridized carbons (Fsp3) is 1.00. The van der Waals surface area contributed by atoms with Crippen molar-refractivity contribution in [3.8, 4) is 0 Å². The van der Waals surface area contributed by atoms with Crippen LogP contribution in [0, 0.1) is 11.3 Å². The standard InChI is InChI=1S/C13H25F2NO/c1-12(2,3)10-4-6-11(7-5-10)16-8-13(14,15)9-17/h10-11,16-17H,4-9H2,1-3H3. The lowest BCUT2D eigenvalue weighted by atomic mass is 9.71. The maximum Gasteiger partial charge on any atom is 0.282 e. The van der Waals surface area contributed by atoms with Gasteiger partial charge in [0.25, 0.3) is 5.92 Å². The van der Waals surface area contributed by atoms with Crippen LogP contribution < -0.4 is 5.32 Å². The summed E-state index contributed by atoms with van der Waals surface area (Å²) in [6, 6.07) is 0.186. The maximum atomic E-state index is 12.9. The molecule has 0 bridgehead atoms. The van der Waals surface area contributed by atoms with Crippen LogP contribution in [-0.4, -0.2) is 30.2 Å². The zero-order valence-corrected chi connectivity index (χ0v) is 11.1. The monoisotopic (exact) mass is 249 g/mol. The first-order valence-corrected chi connectivity index (χ1v) is 6.47. The molecule has 0 atom stereocenters. The quantitative estimate of drug-likeness (QED) is 0.803. The number of aliphatic hydroxyl groups is 1. The first kappa shape index (κ1) is 14.8. The maximum absolute atomic E-state index is 12.9. The van der Waals surface area contributed by atoms with Gasteiger partial charge < -0.3 is 10.4 Å². The molecule has 0 spiro atoms. The Hall–Kier alpha value is -0.220. The minimum atomic E-state index is -2.99. The Balaban J connectivity index is 2.29. The van der Waals surface area contributed by atoms with Crippen molar-refractivity contribution in [1.29, 1.82) is 0 Å². The Morgan fingerprint density at radius 3 is 2.06 bits per heavy atom. The second-order valence-corrected chi connectivity index (χ2v) is 6.31. The normalized spacial score (nSPS) is 27.2. The van der Waals surface area contributed by atoms with Crippen LogP contribution in [0.2, 0.25) is 0 Å².